The van der Waals surface area contributed by atoms with E-state index < -0.39 is 6.04 Å². The summed E-state index contributed by atoms with van der Waals surface area (Å²) < 4.78 is 10.5. The van der Waals surface area contributed by atoms with Crippen molar-refractivity contribution in [1.82, 2.24) is 10.2 Å². The van der Waals surface area contributed by atoms with Crippen molar-refractivity contribution in [3.63, 3.8) is 0 Å². The molecule has 1 aromatic carbocycles. The van der Waals surface area contributed by atoms with Gasteiger partial charge in [0.25, 0.3) is 0 Å². The molecule has 1 atom stereocenters. The Morgan fingerprint density at radius 1 is 1.30 bits per heavy atom. The number of carbonyl (C=O) groups excluding carboxylic acids is 2. The van der Waals surface area contributed by atoms with Crippen molar-refractivity contribution < 1.29 is 18.7 Å². The minimum atomic E-state index is -0.518. The Hall–Kier alpha value is -2.96. The number of anilines is 1. The molecule has 0 radical (unpaired) electrons. The highest BCUT2D eigenvalue weighted by Gasteiger charge is 2.34. The van der Waals surface area contributed by atoms with Crippen LogP contribution in [-0.4, -0.2) is 49.6 Å². The van der Waals surface area contributed by atoms with Crippen LogP contribution in [0, 0.1) is 0 Å². The lowest BCUT2D eigenvalue weighted by atomic mass is 10.1. The van der Waals surface area contributed by atoms with Crippen LogP contribution in [0.3, 0.4) is 0 Å². The summed E-state index contributed by atoms with van der Waals surface area (Å²) in [5.41, 5.74) is 0.782. The molecule has 0 spiro atoms. The summed E-state index contributed by atoms with van der Waals surface area (Å²) in [5.74, 6) is 1.50. The van der Waals surface area contributed by atoms with E-state index >= 15 is 0 Å². The smallest absolute Gasteiger partial charge is 0.318 e. The van der Waals surface area contributed by atoms with Gasteiger partial charge in [-0.1, -0.05) is 6.07 Å². The highest BCUT2D eigenvalue weighted by Crippen LogP contribution is 2.24. The van der Waals surface area contributed by atoms with Crippen LogP contribution in [0.5, 0.6) is 5.75 Å². The second-order valence-electron chi connectivity index (χ2n) is 6.48. The van der Waals surface area contributed by atoms with Gasteiger partial charge in [0.2, 0.25) is 5.91 Å². The molecule has 1 aliphatic heterocycles. The number of methoxy groups -OCH3 is 1. The fourth-order valence-corrected chi connectivity index (χ4v) is 3.20. The summed E-state index contributed by atoms with van der Waals surface area (Å²) in [6, 6.07) is 10.4. The van der Waals surface area contributed by atoms with Crippen molar-refractivity contribution in [2.24, 2.45) is 0 Å². The van der Waals surface area contributed by atoms with Crippen LogP contribution in [0.1, 0.15) is 19.1 Å². The molecule has 1 N–H and O–H groups in total. The van der Waals surface area contributed by atoms with Crippen molar-refractivity contribution in [3.05, 3.63) is 48.4 Å². The van der Waals surface area contributed by atoms with Gasteiger partial charge in [0, 0.05) is 37.8 Å². The fourth-order valence-electron chi connectivity index (χ4n) is 3.20. The number of ether oxygens (including phenoxy) is 1. The Morgan fingerprint density at radius 3 is 2.89 bits per heavy atom. The standard InChI is InChI=1S/C20H25N3O4/c1-15-19(24)23(16-6-3-7-18(14-16)26-2)12-11-22(15)20(25)21-10-4-8-17-9-5-13-27-17/h3,5-7,9,13-15H,4,8,10-12H2,1-2H3,(H,21,25)/t15-/m1/s1. The first-order valence-corrected chi connectivity index (χ1v) is 9.12. The van der Waals surface area contributed by atoms with Crippen molar-refractivity contribution in [2.75, 3.05) is 31.6 Å². The molecule has 0 aliphatic carbocycles. The molecule has 0 saturated carbocycles. The van der Waals surface area contributed by atoms with Gasteiger partial charge in [-0.2, -0.15) is 0 Å². The van der Waals surface area contributed by atoms with Gasteiger partial charge in [0.15, 0.2) is 0 Å². The number of carbonyl (C=O) groups is 2. The minimum absolute atomic E-state index is 0.0970. The van der Waals surface area contributed by atoms with E-state index in [0.29, 0.717) is 25.4 Å². The monoisotopic (exact) mass is 371 g/mol. The first-order chi connectivity index (χ1) is 13.1. The molecule has 1 aliphatic rings. The normalized spacial score (nSPS) is 17.1. The third-order valence-electron chi connectivity index (χ3n) is 4.74. The lowest BCUT2D eigenvalue weighted by Crippen LogP contribution is -2.59. The largest absolute Gasteiger partial charge is 0.497 e. The predicted molar refractivity (Wildman–Crippen MR) is 102 cm³/mol. The van der Waals surface area contributed by atoms with Gasteiger partial charge in [-0.15, -0.1) is 0 Å². The molecule has 1 aromatic heterocycles. The van der Waals surface area contributed by atoms with E-state index in [9.17, 15) is 9.59 Å². The Bertz CT molecular complexity index is 775. The molecule has 3 amide bonds. The maximum absolute atomic E-state index is 12.8. The second-order valence-corrected chi connectivity index (χ2v) is 6.48. The molecule has 1 saturated heterocycles. The van der Waals surface area contributed by atoms with Crippen LogP contribution in [0.15, 0.2) is 47.1 Å². The van der Waals surface area contributed by atoms with Crippen LogP contribution in [0.25, 0.3) is 0 Å². The molecular weight excluding hydrogens is 346 g/mol. The SMILES string of the molecule is COc1cccc(N2CCN(C(=O)NCCCc3ccco3)[C@H](C)C2=O)c1. The molecular formula is C20H25N3O4. The van der Waals surface area contributed by atoms with E-state index in [1.54, 1.807) is 30.1 Å². The molecule has 1 fully saturated rings. The topological polar surface area (TPSA) is 75.0 Å². The van der Waals surface area contributed by atoms with Crippen molar-refractivity contribution in [1.29, 1.82) is 0 Å². The second kappa shape index (κ2) is 8.62. The Morgan fingerprint density at radius 2 is 2.15 bits per heavy atom. The van der Waals surface area contributed by atoms with E-state index in [4.69, 9.17) is 9.15 Å². The lowest BCUT2D eigenvalue weighted by Gasteiger charge is -2.39. The third-order valence-corrected chi connectivity index (χ3v) is 4.74. The Labute approximate surface area is 158 Å². The first-order valence-electron chi connectivity index (χ1n) is 9.12. The predicted octanol–water partition coefficient (Wildman–Crippen LogP) is 2.67. The molecule has 27 heavy (non-hydrogen) atoms. The first kappa shape index (κ1) is 18.8. The molecule has 144 valence electrons. The molecule has 3 rings (SSSR count). The molecule has 2 aromatic rings. The average Bonchev–Trinajstić information content (AvgIpc) is 3.20. The molecule has 7 nitrogen and oxygen atoms in total. The van der Waals surface area contributed by atoms with Crippen LogP contribution in [0.4, 0.5) is 10.5 Å². The summed E-state index contributed by atoms with van der Waals surface area (Å²) in [5, 5.41) is 2.89. The van der Waals surface area contributed by atoms with E-state index in [1.165, 1.54) is 0 Å². The summed E-state index contributed by atoms with van der Waals surface area (Å²) >= 11 is 0. The van der Waals surface area contributed by atoms with Gasteiger partial charge < -0.3 is 24.3 Å². The van der Waals surface area contributed by atoms with Crippen molar-refractivity contribution >= 4 is 17.6 Å². The molecule has 2 heterocycles. The number of amides is 3. The number of piperazine rings is 1. The quantitative estimate of drug-likeness (QED) is 0.792. The fraction of sp³-hybridized carbons (Fsp3) is 0.400. The van der Waals surface area contributed by atoms with Gasteiger partial charge >= 0.3 is 6.03 Å². The number of nitrogens with zero attached hydrogens (tertiary/aromatic N) is 2. The third kappa shape index (κ3) is 4.42. The average molecular weight is 371 g/mol. The Balaban J connectivity index is 1.53. The number of nitrogens with one attached hydrogen (secondary N) is 1. The number of furan rings is 1. The highest BCUT2D eigenvalue weighted by molar-refractivity contribution is 6.00. The molecule has 0 bridgehead atoms. The number of aryl methyl sites for hydroxylation is 1. The van der Waals surface area contributed by atoms with Crippen LogP contribution < -0.4 is 15.0 Å². The molecule has 0 unspecified atom stereocenters. The number of rotatable bonds is 6. The van der Waals surface area contributed by atoms with Gasteiger partial charge in [0.05, 0.1) is 13.4 Å². The van der Waals surface area contributed by atoms with Gasteiger partial charge in [-0.25, -0.2) is 4.79 Å². The van der Waals surface area contributed by atoms with E-state index in [-0.39, 0.29) is 11.9 Å². The van der Waals surface area contributed by atoms with Crippen molar-refractivity contribution in [2.45, 2.75) is 25.8 Å². The maximum atomic E-state index is 12.8. The van der Waals surface area contributed by atoms with E-state index in [2.05, 4.69) is 5.32 Å². The van der Waals surface area contributed by atoms with E-state index in [1.807, 2.05) is 36.4 Å². The Kier molecular flexibility index (Phi) is 6.01. The number of hydrogen-bond donors (Lipinski definition) is 1. The zero-order chi connectivity index (χ0) is 19.2. The number of benzene rings is 1. The number of hydrogen-bond acceptors (Lipinski definition) is 4. The highest BCUT2D eigenvalue weighted by atomic mass is 16.5. The summed E-state index contributed by atoms with van der Waals surface area (Å²) in [4.78, 5) is 28.5. The maximum Gasteiger partial charge on any atom is 0.318 e. The van der Waals surface area contributed by atoms with Crippen LogP contribution >= 0.6 is 0 Å². The molecule has 7 heteroatoms. The van der Waals surface area contributed by atoms with E-state index in [0.717, 1.165) is 24.3 Å². The van der Waals surface area contributed by atoms with Crippen LogP contribution in [-0.2, 0) is 11.2 Å². The van der Waals surface area contributed by atoms with Crippen LogP contribution in [0.2, 0.25) is 0 Å². The zero-order valence-corrected chi connectivity index (χ0v) is 15.7. The summed E-state index contributed by atoms with van der Waals surface area (Å²) in [6.07, 6.45) is 3.19. The number of urea groups is 1. The summed E-state index contributed by atoms with van der Waals surface area (Å²) in [6.45, 7) is 3.23. The van der Waals surface area contributed by atoms with Gasteiger partial charge in [0.1, 0.15) is 17.6 Å². The zero-order valence-electron chi connectivity index (χ0n) is 15.7. The lowest BCUT2D eigenvalue weighted by molar-refractivity contribution is -0.124. The summed E-state index contributed by atoms with van der Waals surface area (Å²) in [7, 11) is 1.59. The van der Waals surface area contributed by atoms with Gasteiger partial charge in [-0.3, -0.25) is 4.79 Å². The van der Waals surface area contributed by atoms with Crippen molar-refractivity contribution in [3.8, 4) is 5.75 Å². The minimum Gasteiger partial charge on any atom is -0.497 e. The van der Waals surface area contributed by atoms with Gasteiger partial charge in [-0.05, 0) is 37.6 Å².